The van der Waals surface area contributed by atoms with Gasteiger partial charge in [-0.3, -0.25) is 4.79 Å². The Labute approximate surface area is 158 Å². The Bertz CT molecular complexity index is 722. The zero-order valence-electron chi connectivity index (χ0n) is 14.8. The first-order valence-corrected chi connectivity index (χ1v) is 9.88. The molecule has 138 valence electrons. The van der Waals surface area contributed by atoms with Crippen molar-refractivity contribution in [3.05, 3.63) is 65.7 Å². The number of nitrogens with one attached hydrogen (secondary N) is 2. The van der Waals surface area contributed by atoms with Gasteiger partial charge in [0.2, 0.25) is 0 Å². The Morgan fingerprint density at radius 3 is 2.46 bits per heavy atom. The van der Waals surface area contributed by atoms with Crippen LogP contribution in [0.15, 0.2) is 54.6 Å². The lowest BCUT2D eigenvalue weighted by molar-refractivity contribution is -0.137. The number of amides is 2. The average Bonchev–Trinajstić information content (AvgIpc) is 2.62. The van der Waals surface area contributed by atoms with Gasteiger partial charge in [0.1, 0.15) is 0 Å². The molecule has 0 aromatic heterocycles. The minimum Gasteiger partial charge on any atom is -0.481 e. The van der Waals surface area contributed by atoms with Gasteiger partial charge in [0.15, 0.2) is 0 Å². The summed E-state index contributed by atoms with van der Waals surface area (Å²) in [4.78, 5) is 23.4. The van der Waals surface area contributed by atoms with E-state index >= 15 is 0 Å². The molecular weight excluding hydrogens is 348 g/mol. The number of anilines is 1. The summed E-state index contributed by atoms with van der Waals surface area (Å²) in [5.74, 6) is -0.0568. The summed E-state index contributed by atoms with van der Waals surface area (Å²) in [6.07, 6.45) is 3.00. The third-order valence-electron chi connectivity index (χ3n) is 3.93. The largest absolute Gasteiger partial charge is 0.481 e. The quantitative estimate of drug-likeness (QED) is 0.618. The molecule has 2 amide bonds. The Morgan fingerprint density at radius 1 is 1.08 bits per heavy atom. The maximum absolute atomic E-state index is 12.4. The number of hydrogen-bond acceptors (Lipinski definition) is 3. The smallest absolute Gasteiger partial charge is 0.319 e. The van der Waals surface area contributed by atoms with Crippen molar-refractivity contribution in [2.45, 2.75) is 31.1 Å². The van der Waals surface area contributed by atoms with Crippen molar-refractivity contribution in [1.29, 1.82) is 0 Å². The van der Waals surface area contributed by atoms with Gasteiger partial charge in [-0.25, -0.2) is 4.79 Å². The van der Waals surface area contributed by atoms with Crippen molar-refractivity contribution in [2.75, 3.05) is 11.6 Å². The highest BCUT2D eigenvalue weighted by atomic mass is 32.2. The van der Waals surface area contributed by atoms with Crippen molar-refractivity contribution in [3.8, 4) is 0 Å². The molecule has 2 aromatic carbocycles. The summed E-state index contributed by atoms with van der Waals surface area (Å²) in [6.45, 7) is 0. The van der Waals surface area contributed by atoms with E-state index < -0.39 is 5.97 Å². The van der Waals surface area contributed by atoms with Crippen LogP contribution in [0.1, 0.15) is 24.0 Å². The van der Waals surface area contributed by atoms with E-state index in [2.05, 4.69) is 10.6 Å². The van der Waals surface area contributed by atoms with Gasteiger partial charge < -0.3 is 15.7 Å². The highest BCUT2D eigenvalue weighted by Crippen LogP contribution is 2.19. The first-order chi connectivity index (χ1) is 12.6. The predicted molar refractivity (Wildman–Crippen MR) is 107 cm³/mol. The summed E-state index contributed by atoms with van der Waals surface area (Å²) in [6, 6.07) is 16.9. The van der Waals surface area contributed by atoms with Crippen LogP contribution in [0.2, 0.25) is 0 Å². The standard InChI is InChI=1S/C20H24N2O3S/c1-26-14-16-9-5-6-10-18(16)22-20(25)21-17(11-12-19(23)24)13-15-7-3-2-4-8-15/h2-10,17H,11-14H2,1H3,(H,23,24)(H2,21,22,25). The lowest BCUT2D eigenvalue weighted by atomic mass is 10.0. The zero-order chi connectivity index (χ0) is 18.8. The lowest BCUT2D eigenvalue weighted by Crippen LogP contribution is -2.39. The van der Waals surface area contributed by atoms with Gasteiger partial charge in [0.25, 0.3) is 0 Å². The Morgan fingerprint density at radius 2 is 1.77 bits per heavy atom. The lowest BCUT2D eigenvalue weighted by Gasteiger charge is -2.19. The van der Waals surface area contributed by atoms with Gasteiger partial charge in [-0.1, -0.05) is 48.5 Å². The Kier molecular flexibility index (Phi) is 8.02. The first-order valence-electron chi connectivity index (χ1n) is 8.48. The van der Waals surface area contributed by atoms with E-state index in [0.717, 1.165) is 22.6 Å². The normalized spacial score (nSPS) is 11.6. The molecule has 5 nitrogen and oxygen atoms in total. The Balaban J connectivity index is 2.02. The number of aliphatic carboxylic acids is 1. The minimum absolute atomic E-state index is 0.0147. The number of rotatable bonds is 9. The summed E-state index contributed by atoms with van der Waals surface area (Å²) >= 11 is 1.69. The molecule has 0 saturated carbocycles. The third-order valence-corrected chi connectivity index (χ3v) is 4.53. The van der Waals surface area contributed by atoms with Gasteiger partial charge in [-0.05, 0) is 36.3 Å². The van der Waals surface area contributed by atoms with E-state index in [-0.39, 0.29) is 18.5 Å². The molecule has 0 saturated heterocycles. The van der Waals surface area contributed by atoms with Crippen LogP contribution in [0.4, 0.5) is 10.5 Å². The number of carbonyl (C=O) groups excluding carboxylic acids is 1. The molecule has 0 bridgehead atoms. The highest BCUT2D eigenvalue weighted by Gasteiger charge is 2.15. The van der Waals surface area contributed by atoms with Crippen LogP contribution in [0.3, 0.4) is 0 Å². The number of hydrogen-bond donors (Lipinski definition) is 3. The monoisotopic (exact) mass is 372 g/mol. The van der Waals surface area contributed by atoms with Gasteiger partial charge in [-0.15, -0.1) is 0 Å². The number of thioether (sulfide) groups is 1. The number of urea groups is 1. The van der Waals surface area contributed by atoms with Gasteiger partial charge >= 0.3 is 12.0 Å². The van der Waals surface area contributed by atoms with Crippen LogP contribution >= 0.6 is 11.8 Å². The molecule has 0 spiro atoms. The average molecular weight is 372 g/mol. The van der Waals surface area contributed by atoms with Gasteiger partial charge in [-0.2, -0.15) is 11.8 Å². The number of benzene rings is 2. The van der Waals surface area contributed by atoms with Crippen molar-refractivity contribution < 1.29 is 14.7 Å². The van der Waals surface area contributed by atoms with E-state index in [1.165, 1.54) is 0 Å². The minimum atomic E-state index is -0.865. The number of para-hydroxylation sites is 1. The first kappa shape index (κ1) is 19.8. The Hall–Kier alpha value is -2.47. The SMILES string of the molecule is CSCc1ccccc1NC(=O)NC(CCC(=O)O)Cc1ccccc1. The molecule has 0 aliphatic rings. The molecular formula is C20H24N2O3S. The molecule has 3 N–H and O–H groups in total. The maximum Gasteiger partial charge on any atom is 0.319 e. The molecule has 0 heterocycles. The van der Waals surface area contributed by atoms with Crippen LogP contribution in [0.25, 0.3) is 0 Å². The topological polar surface area (TPSA) is 78.4 Å². The van der Waals surface area contributed by atoms with Crippen LogP contribution in [0, 0.1) is 0 Å². The van der Waals surface area contributed by atoms with Crippen LogP contribution < -0.4 is 10.6 Å². The predicted octanol–water partition coefficient (Wildman–Crippen LogP) is 4.15. The van der Waals surface area contributed by atoms with Crippen LogP contribution in [-0.2, 0) is 17.0 Å². The summed E-state index contributed by atoms with van der Waals surface area (Å²) in [5.41, 5.74) is 2.89. The van der Waals surface area contributed by atoms with E-state index in [9.17, 15) is 9.59 Å². The van der Waals surface area contributed by atoms with E-state index in [4.69, 9.17) is 5.11 Å². The molecule has 2 aromatic rings. The van der Waals surface area contributed by atoms with Crippen LogP contribution in [-0.4, -0.2) is 29.4 Å². The number of carboxylic acids is 1. The summed E-state index contributed by atoms with van der Waals surface area (Å²) in [7, 11) is 0. The molecule has 1 unspecified atom stereocenters. The van der Waals surface area contributed by atoms with E-state index in [1.54, 1.807) is 11.8 Å². The molecule has 2 rings (SSSR count). The van der Waals surface area contributed by atoms with E-state index in [1.807, 2.05) is 60.9 Å². The van der Waals surface area contributed by atoms with E-state index in [0.29, 0.717) is 12.8 Å². The van der Waals surface area contributed by atoms with Gasteiger partial charge in [0, 0.05) is 23.9 Å². The molecule has 1 atom stereocenters. The summed E-state index contributed by atoms with van der Waals surface area (Å²) in [5, 5.41) is 14.8. The van der Waals surface area contributed by atoms with Crippen molar-refractivity contribution >= 4 is 29.4 Å². The third kappa shape index (κ3) is 6.80. The molecule has 0 fully saturated rings. The molecule has 26 heavy (non-hydrogen) atoms. The van der Waals surface area contributed by atoms with Crippen molar-refractivity contribution in [1.82, 2.24) is 5.32 Å². The maximum atomic E-state index is 12.4. The second kappa shape index (κ2) is 10.5. The highest BCUT2D eigenvalue weighted by molar-refractivity contribution is 7.97. The van der Waals surface area contributed by atoms with Crippen molar-refractivity contribution in [3.63, 3.8) is 0 Å². The van der Waals surface area contributed by atoms with Crippen molar-refractivity contribution in [2.24, 2.45) is 0 Å². The fraction of sp³-hybridized carbons (Fsp3) is 0.300. The second-order valence-corrected chi connectivity index (χ2v) is 6.87. The number of carbonyl (C=O) groups is 2. The zero-order valence-corrected chi connectivity index (χ0v) is 15.6. The fourth-order valence-electron chi connectivity index (χ4n) is 2.69. The second-order valence-electron chi connectivity index (χ2n) is 6.01. The molecule has 0 radical (unpaired) electrons. The number of carboxylic acid groups (broad SMARTS) is 1. The molecule has 6 heteroatoms. The van der Waals surface area contributed by atoms with Gasteiger partial charge in [0.05, 0.1) is 0 Å². The molecule has 0 aliphatic carbocycles. The summed E-state index contributed by atoms with van der Waals surface area (Å²) < 4.78 is 0. The molecule has 0 aliphatic heterocycles. The fourth-order valence-corrected chi connectivity index (χ4v) is 3.25. The van der Waals surface area contributed by atoms with Crippen LogP contribution in [0.5, 0.6) is 0 Å².